The van der Waals surface area contributed by atoms with Crippen molar-refractivity contribution in [1.82, 2.24) is 15.1 Å². The van der Waals surface area contributed by atoms with Crippen molar-refractivity contribution in [3.8, 4) is 0 Å². The molecule has 1 N–H and O–H groups in total. The van der Waals surface area contributed by atoms with Gasteiger partial charge in [-0.2, -0.15) is 5.10 Å². The highest BCUT2D eigenvalue weighted by Gasteiger charge is 2.24. The molecule has 0 radical (unpaired) electrons. The van der Waals surface area contributed by atoms with Crippen molar-refractivity contribution in [2.24, 2.45) is 7.05 Å². The lowest BCUT2D eigenvalue weighted by atomic mass is 9.93. The van der Waals surface area contributed by atoms with Crippen molar-refractivity contribution in [2.75, 3.05) is 0 Å². The summed E-state index contributed by atoms with van der Waals surface area (Å²) in [4.78, 5) is 12.1. The number of aromatic nitrogens is 2. The van der Waals surface area contributed by atoms with Crippen LogP contribution in [0.5, 0.6) is 0 Å². The number of halogens is 1. The molecule has 1 unspecified atom stereocenters. The van der Waals surface area contributed by atoms with Gasteiger partial charge in [0.2, 0.25) is 5.91 Å². The number of aryl methyl sites for hydroxylation is 1. The first-order chi connectivity index (χ1) is 10.1. The fraction of sp³-hybridized carbons (Fsp3) is 0.375. The summed E-state index contributed by atoms with van der Waals surface area (Å²) < 4.78 is 15.0. The molecule has 0 saturated heterocycles. The lowest BCUT2D eigenvalue weighted by Gasteiger charge is -2.23. The van der Waals surface area contributed by atoms with Gasteiger partial charge in [-0.25, -0.2) is 4.39 Å². The molecule has 0 spiro atoms. The van der Waals surface area contributed by atoms with E-state index in [2.05, 4.69) is 10.4 Å². The number of amides is 1. The second-order valence-corrected chi connectivity index (χ2v) is 5.49. The maximum absolute atomic E-state index is 13.1. The van der Waals surface area contributed by atoms with E-state index in [1.165, 1.54) is 17.8 Å². The second kappa shape index (κ2) is 5.68. The Morgan fingerprint density at radius 3 is 3.19 bits per heavy atom. The normalized spacial score (nSPS) is 17.3. The quantitative estimate of drug-likeness (QED) is 0.941. The molecule has 0 aliphatic heterocycles. The zero-order valence-electron chi connectivity index (χ0n) is 12.0. The first kappa shape index (κ1) is 13.8. The summed E-state index contributed by atoms with van der Waals surface area (Å²) in [6.07, 6.45) is 5.00. The molecular formula is C16H18FN3O. The molecule has 0 saturated carbocycles. The van der Waals surface area contributed by atoms with Crippen LogP contribution in [0.25, 0.3) is 0 Å². The third-order valence-electron chi connectivity index (χ3n) is 3.96. The molecule has 1 aliphatic carbocycles. The zero-order chi connectivity index (χ0) is 14.8. The topological polar surface area (TPSA) is 46.9 Å². The maximum Gasteiger partial charge on any atom is 0.224 e. The van der Waals surface area contributed by atoms with Gasteiger partial charge in [0.05, 0.1) is 18.7 Å². The van der Waals surface area contributed by atoms with E-state index in [1.54, 1.807) is 12.1 Å². The van der Waals surface area contributed by atoms with Crippen LogP contribution in [0.1, 0.15) is 35.7 Å². The van der Waals surface area contributed by atoms with Gasteiger partial charge >= 0.3 is 0 Å². The highest BCUT2D eigenvalue weighted by Crippen LogP contribution is 2.29. The number of fused-ring (bicyclic) bond motifs is 1. The van der Waals surface area contributed by atoms with E-state index < -0.39 is 0 Å². The van der Waals surface area contributed by atoms with Crippen LogP contribution in [0.4, 0.5) is 4.39 Å². The first-order valence-electron chi connectivity index (χ1n) is 7.18. The predicted molar refractivity (Wildman–Crippen MR) is 77.1 cm³/mol. The molecule has 3 rings (SSSR count). The van der Waals surface area contributed by atoms with Gasteiger partial charge < -0.3 is 5.32 Å². The van der Waals surface area contributed by atoms with Gasteiger partial charge in [-0.3, -0.25) is 9.48 Å². The van der Waals surface area contributed by atoms with Gasteiger partial charge in [0, 0.05) is 18.3 Å². The predicted octanol–water partition coefficient (Wildman–Crippen LogP) is 2.30. The average molecular weight is 287 g/mol. The molecule has 1 amide bonds. The number of hydrogen-bond acceptors (Lipinski definition) is 2. The van der Waals surface area contributed by atoms with Crippen molar-refractivity contribution < 1.29 is 9.18 Å². The summed E-state index contributed by atoms with van der Waals surface area (Å²) in [5.41, 5.74) is 2.99. The van der Waals surface area contributed by atoms with E-state index >= 15 is 0 Å². The van der Waals surface area contributed by atoms with Gasteiger partial charge in [0.25, 0.3) is 0 Å². The van der Waals surface area contributed by atoms with Crippen molar-refractivity contribution in [3.05, 3.63) is 53.1 Å². The van der Waals surface area contributed by atoms with Crippen LogP contribution in [-0.2, 0) is 24.7 Å². The zero-order valence-corrected chi connectivity index (χ0v) is 12.0. The maximum atomic E-state index is 13.1. The number of carbonyl (C=O) groups excluding carboxylic acids is 1. The monoisotopic (exact) mass is 287 g/mol. The van der Waals surface area contributed by atoms with E-state index in [0.717, 1.165) is 24.8 Å². The lowest BCUT2D eigenvalue weighted by Crippen LogP contribution is -2.32. The molecule has 5 heteroatoms. The Hall–Kier alpha value is -2.17. The second-order valence-electron chi connectivity index (χ2n) is 5.49. The van der Waals surface area contributed by atoms with E-state index in [9.17, 15) is 9.18 Å². The van der Waals surface area contributed by atoms with Gasteiger partial charge in [-0.1, -0.05) is 12.1 Å². The van der Waals surface area contributed by atoms with Gasteiger partial charge in [-0.05, 0) is 37.0 Å². The van der Waals surface area contributed by atoms with E-state index in [0.29, 0.717) is 5.56 Å². The molecule has 1 heterocycles. The Morgan fingerprint density at radius 2 is 2.38 bits per heavy atom. The smallest absolute Gasteiger partial charge is 0.224 e. The summed E-state index contributed by atoms with van der Waals surface area (Å²) in [6.45, 7) is 0. The molecular weight excluding hydrogens is 269 g/mol. The molecule has 1 aromatic heterocycles. The molecule has 21 heavy (non-hydrogen) atoms. The van der Waals surface area contributed by atoms with Crippen LogP contribution in [0.3, 0.4) is 0 Å². The van der Waals surface area contributed by atoms with Crippen LogP contribution in [-0.4, -0.2) is 15.7 Å². The third kappa shape index (κ3) is 2.96. The summed E-state index contributed by atoms with van der Waals surface area (Å²) in [7, 11) is 1.93. The minimum Gasteiger partial charge on any atom is -0.349 e. The summed E-state index contributed by atoms with van der Waals surface area (Å²) >= 11 is 0. The number of nitrogens with one attached hydrogen (secondary N) is 1. The van der Waals surface area contributed by atoms with Crippen LogP contribution in [0.15, 0.2) is 30.5 Å². The van der Waals surface area contributed by atoms with Gasteiger partial charge in [-0.15, -0.1) is 0 Å². The molecule has 0 fully saturated rings. The number of benzene rings is 1. The lowest BCUT2D eigenvalue weighted by molar-refractivity contribution is -0.121. The van der Waals surface area contributed by atoms with Crippen LogP contribution < -0.4 is 5.32 Å². The molecule has 1 atom stereocenters. The minimum atomic E-state index is -0.312. The van der Waals surface area contributed by atoms with Gasteiger partial charge in [0.15, 0.2) is 0 Å². The van der Waals surface area contributed by atoms with E-state index in [1.807, 2.05) is 17.9 Å². The fourth-order valence-corrected chi connectivity index (χ4v) is 2.93. The Kier molecular flexibility index (Phi) is 3.73. The summed E-state index contributed by atoms with van der Waals surface area (Å²) in [6, 6.07) is 6.18. The largest absolute Gasteiger partial charge is 0.349 e. The standard InChI is InChI=1S/C16H18FN3O/c1-20-15-7-3-6-14(13(15)10-18-20)19-16(21)9-11-4-2-5-12(17)8-11/h2,4-5,8,10,14H,3,6-7,9H2,1H3,(H,19,21). The molecule has 4 nitrogen and oxygen atoms in total. The van der Waals surface area contributed by atoms with Crippen molar-refractivity contribution in [2.45, 2.75) is 31.7 Å². The van der Waals surface area contributed by atoms with Crippen molar-refractivity contribution in [3.63, 3.8) is 0 Å². The van der Waals surface area contributed by atoms with E-state index in [-0.39, 0.29) is 24.2 Å². The third-order valence-corrected chi connectivity index (χ3v) is 3.96. The Labute approximate surface area is 123 Å². The number of carbonyl (C=O) groups is 1. The molecule has 1 aromatic carbocycles. The number of nitrogens with zero attached hydrogens (tertiary/aromatic N) is 2. The molecule has 0 bridgehead atoms. The van der Waals surface area contributed by atoms with Crippen molar-refractivity contribution in [1.29, 1.82) is 0 Å². The highest BCUT2D eigenvalue weighted by molar-refractivity contribution is 5.79. The Bertz CT molecular complexity index is 665. The van der Waals surface area contributed by atoms with Crippen molar-refractivity contribution >= 4 is 5.91 Å². The van der Waals surface area contributed by atoms with Crippen LogP contribution in [0.2, 0.25) is 0 Å². The minimum absolute atomic E-state index is 0.0171. The Balaban J connectivity index is 1.68. The SMILES string of the molecule is Cn1ncc2c1CCCC2NC(=O)Cc1cccc(F)c1. The summed E-state index contributed by atoms with van der Waals surface area (Å²) in [5.74, 6) is -0.394. The number of hydrogen-bond donors (Lipinski definition) is 1. The average Bonchev–Trinajstić information content (AvgIpc) is 2.82. The molecule has 110 valence electrons. The van der Waals surface area contributed by atoms with Crippen LogP contribution >= 0.6 is 0 Å². The van der Waals surface area contributed by atoms with Gasteiger partial charge in [0.1, 0.15) is 5.82 Å². The molecule has 2 aromatic rings. The van der Waals surface area contributed by atoms with E-state index in [4.69, 9.17) is 0 Å². The Morgan fingerprint density at radius 1 is 1.52 bits per heavy atom. The summed E-state index contributed by atoms with van der Waals surface area (Å²) in [5, 5.41) is 7.31. The number of rotatable bonds is 3. The first-order valence-corrected chi connectivity index (χ1v) is 7.18. The van der Waals surface area contributed by atoms with Crippen LogP contribution in [0, 0.1) is 5.82 Å². The molecule has 1 aliphatic rings. The highest BCUT2D eigenvalue weighted by atomic mass is 19.1. The fourth-order valence-electron chi connectivity index (χ4n) is 2.93.